The van der Waals surface area contributed by atoms with Gasteiger partial charge >= 0.3 is 0 Å². The lowest BCUT2D eigenvalue weighted by Crippen LogP contribution is -2.57. The predicted octanol–water partition coefficient (Wildman–Crippen LogP) is 1.30. The van der Waals surface area contributed by atoms with Crippen molar-refractivity contribution >= 4 is 31.7 Å². The molecular formula is C10H12BrNO4S. The van der Waals surface area contributed by atoms with Crippen molar-refractivity contribution in [3.8, 4) is 0 Å². The first-order chi connectivity index (χ1) is 7.94. The van der Waals surface area contributed by atoms with Gasteiger partial charge in [-0.2, -0.15) is 0 Å². The number of amides is 1. The molecule has 0 radical (unpaired) electrons. The number of furan rings is 1. The molecule has 0 bridgehead atoms. The molecule has 2 heterocycles. The molecule has 1 aromatic rings. The third-order valence-corrected chi connectivity index (χ3v) is 5.37. The maximum atomic E-state index is 11.8. The summed E-state index contributed by atoms with van der Waals surface area (Å²) in [5, 5.41) is -0.421. The van der Waals surface area contributed by atoms with Crippen LogP contribution in [0.3, 0.4) is 0 Å². The van der Waals surface area contributed by atoms with E-state index in [0.717, 1.165) is 0 Å². The highest BCUT2D eigenvalue weighted by atomic mass is 79.9. The molecule has 0 N–H and O–H groups in total. The van der Waals surface area contributed by atoms with E-state index in [4.69, 9.17) is 4.42 Å². The van der Waals surface area contributed by atoms with Gasteiger partial charge < -0.3 is 9.32 Å². The van der Waals surface area contributed by atoms with Gasteiger partial charge in [0.05, 0.1) is 5.25 Å². The van der Waals surface area contributed by atoms with Crippen molar-refractivity contribution in [1.29, 1.82) is 0 Å². The highest BCUT2D eigenvalue weighted by Gasteiger charge is 2.39. The molecular weight excluding hydrogens is 310 g/mol. The molecule has 7 heteroatoms. The van der Waals surface area contributed by atoms with Crippen molar-refractivity contribution in [3.63, 3.8) is 0 Å². The first-order valence-electron chi connectivity index (χ1n) is 5.20. The second kappa shape index (κ2) is 4.45. The Hall–Kier alpha value is -0.820. The Bertz CT molecular complexity index is 530. The molecule has 0 aliphatic carbocycles. The third-order valence-electron chi connectivity index (χ3n) is 2.83. The van der Waals surface area contributed by atoms with Crippen LogP contribution in [0.5, 0.6) is 0 Å². The van der Waals surface area contributed by atoms with Crippen molar-refractivity contribution in [2.75, 3.05) is 18.8 Å². The van der Waals surface area contributed by atoms with Crippen LogP contribution >= 0.6 is 15.9 Å². The van der Waals surface area contributed by atoms with Crippen LogP contribution in [-0.2, 0) is 9.84 Å². The minimum absolute atomic E-state index is 0.117. The molecule has 0 aromatic carbocycles. The lowest BCUT2D eigenvalue weighted by molar-refractivity contribution is 0.0624. The number of hydrogen-bond donors (Lipinski definition) is 0. The summed E-state index contributed by atoms with van der Waals surface area (Å²) >= 11 is 3.11. The third kappa shape index (κ3) is 2.40. The second-order valence-electron chi connectivity index (χ2n) is 3.89. The van der Waals surface area contributed by atoms with Crippen LogP contribution in [0.2, 0.25) is 0 Å². The van der Waals surface area contributed by atoms with E-state index in [1.807, 2.05) is 0 Å². The van der Waals surface area contributed by atoms with Gasteiger partial charge in [0.2, 0.25) is 0 Å². The standard InChI is InChI=1S/C10H12BrNO4S/c1-2-17(14,15)7-5-12(6-7)10(13)8-3-4-9(11)16-8/h3-4,7H,2,5-6H2,1H3. The first-order valence-corrected chi connectivity index (χ1v) is 7.71. The summed E-state index contributed by atoms with van der Waals surface area (Å²) in [4.78, 5) is 13.3. The summed E-state index contributed by atoms with van der Waals surface area (Å²) in [6.45, 7) is 2.13. The summed E-state index contributed by atoms with van der Waals surface area (Å²) in [5.41, 5.74) is 0. The monoisotopic (exact) mass is 321 g/mol. The number of sulfone groups is 1. The van der Waals surface area contributed by atoms with Gasteiger partial charge in [-0.15, -0.1) is 0 Å². The minimum atomic E-state index is -3.04. The Morgan fingerprint density at radius 2 is 2.18 bits per heavy atom. The summed E-state index contributed by atoms with van der Waals surface area (Å²) in [5.74, 6) is 0.0777. The molecule has 1 saturated heterocycles. The molecule has 1 aliphatic heterocycles. The second-order valence-corrected chi connectivity index (χ2v) is 7.24. The quantitative estimate of drug-likeness (QED) is 0.841. The highest BCUT2D eigenvalue weighted by molar-refractivity contribution is 9.10. The van der Waals surface area contributed by atoms with Crippen molar-refractivity contribution in [2.45, 2.75) is 12.2 Å². The van der Waals surface area contributed by atoms with E-state index < -0.39 is 15.1 Å². The van der Waals surface area contributed by atoms with Gasteiger partial charge in [-0.25, -0.2) is 8.42 Å². The molecule has 2 rings (SSSR count). The largest absolute Gasteiger partial charge is 0.444 e. The topological polar surface area (TPSA) is 67.6 Å². The molecule has 0 unspecified atom stereocenters. The lowest BCUT2D eigenvalue weighted by atomic mass is 10.2. The Balaban J connectivity index is 1.99. The van der Waals surface area contributed by atoms with E-state index >= 15 is 0 Å². The molecule has 1 amide bonds. The van der Waals surface area contributed by atoms with Gasteiger partial charge in [-0.1, -0.05) is 6.92 Å². The molecule has 5 nitrogen and oxygen atoms in total. The van der Waals surface area contributed by atoms with Crippen LogP contribution < -0.4 is 0 Å². The average molecular weight is 322 g/mol. The van der Waals surface area contributed by atoms with Crippen LogP contribution in [0, 0.1) is 0 Å². The smallest absolute Gasteiger partial charge is 0.289 e. The molecule has 1 aliphatic rings. The van der Waals surface area contributed by atoms with Gasteiger partial charge in [0.25, 0.3) is 5.91 Å². The van der Waals surface area contributed by atoms with Gasteiger partial charge in [-0.3, -0.25) is 4.79 Å². The molecule has 17 heavy (non-hydrogen) atoms. The maximum Gasteiger partial charge on any atom is 0.289 e. The summed E-state index contributed by atoms with van der Waals surface area (Å²) < 4.78 is 28.7. The van der Waals surface area contributed by atoms with Crippen LogP contribution in [0.25, 0.3) is 0 Å². The van der Waals surface area contributed by atoms with Gasteiger partial charge in [-0.05, 0) is 28.1 Å². The maximum absolute atomic E-state index is 11.8. The van der Waals surface area contributed by atoms with Crippen LogP contribution in [-0.4, -0.2) is 43.3 Å². The minimum Gasteiger partial charge on any atom is -0.444 e. The van der Waals surface area contributed by atoms with E-state index in [-0.39, 0.29) is 30.5 Å². The number of carbonyl (C=O) groups excluding carboxylic acids is 1. The zero-order valence-electron chi connectivity index (χ0n) is 9.22. The van der Waals surface area contributed by atoms with Crippen LogP contribution in [0.15, 0.2) is 21.2 Å². The number of rotatable bonds is 3. The Kier molecular flexibility index (Phi) is 3.31. The normalized spacial score (nSPS) is 16.9. The van der Waals surface area contributed by atoms with Crippen molar-refractivity contribution in [2.24, 2.45) is 0 Å². The molecule has 0 atom stereocenters. The predicted molar refractivity (Wildman–Crippen MR) is 65.6 cm³/mol. The van der Waals surface area contributed by atoms with E-state index in [0.29, 0.717) is 4.67 Å². The van der Waals surface area contributed by atoms with Crippen LogP contribution in [0.1, 0.15) is 17.5 Å². The van der Waals surface area contributed by atoms with E-state index in [2.05, 4.69) is 15.9 Å². The Morgan fingerprint density at radius 1 is 1.53 bits per heavy atom. The number of hydrogen-bond acceptors (Lipinski definition) is 4. The molecule has 94 valence electrons. The van der Waals surface area contributed by atoms with Gasteiger partial charge in [0.15, 0.2) is 20.3 Å². The summed E-state index contributed by atoms with van der Waals surface area (Å²) in [7, 11) is -3.04. The van der Waals surface area contributed by atoms with E-state index in [9.17, 15) is 13.2 Å². The van der Waals surface area contributed by atoms with Gasteiger partial charge in [0, 0.05) is 18.8 Å². The number of carbonyl (C=O) groups is 1. The van der Waals surface area contributed by atoms with Gasteiger partial charge in [0.1, 0.15) is 0 Å². The van der Waals surface area contributed by atoms with E-state index in [1.165, 1.54) is 4.90 Å². The molecule has 1 fully saturated rings. The van der Waals surface area contributed by atoms with E-state index in [1.54, 1.807) is 19.1 Å². The fourth-order valence-corrected chi connectivity index (χ4v) is 3.24. The summed E-state index contributed by atoms with van der Waals surface area (Å²) in [6, 6.07) is 3.20. The Morgan fingerprint density at radius 3 is 2.65 bits per heavy atom. The molecule has 0 spiro atoms. The number of halogens is 1. The zero-order chi connectivity index (χ0) is 12.6. The highest BCUT2D eigenvalue weighted by Crippen LogP contribution is 2.22. The molecule has 0 saturated carbocycles. The Labute approximate surface area is 108 Å². The van der Waals surface area contributed by atoms with Crippen molar-refractivity contribution < 1.29 is 17.6 Å². The average Bonchev–Trinajstić information content (AvgIpc) is 2.62. The SMILES string of the molecule is CCS(=O)(=O)C1CN(C(=O)c2ccc(Br)o2)C1. The van der Waals surface area contributed by atoms with Crippen LogP contribution in [0.4, 0.5) is 0 Å². The lowest BCUT2D eigenvalue weighted by Gasteiger charge is -2.37. The van der Waals surface area contributed by atoms with Crippen molar-refractivity contribution in [3.05, 3.63) is 22.6 Å². The first kappa shape index (κ1) is 12.6. The number of likely N-dealkylation sites (tertiary alicyclic amines) is 1. The fraction of sp³-hybridized carbons (Fsp3) is 0.500. The molecule has 1 aromatic heterocycles. The fourth-order valence-electron chi connectivity index (χ4n) is 1.65. The van der Waals surface area contributed by atoms with Crippen molar-refractivity contribution in [1.82, 2.24) is 4.90 Å². The summed E-state index contributed by atoms with van der Waals surface area (Å²) in [6.07, 6.45) is 0. The number of nitrogens with zero attached hydrogens (tertiary/aromatic N) is 1. The zero-order valence-corrected chi connectivity index (χ0v) is 11.6.